The van der Waals surface area contributed by atoms with E-state index in [0.29, 0.717) is 11.4 Å². The van der Waals surface area contributed by atoms with Crippen molar-refractivity contribution in [2.75, 3.05) is 24.5 Å². The van der Waals surface area contributed by atoms with Gasteiger partial charge in [0.2, 0.25) is 5.91 Å². The molecule has 118 valence electrons. The molecule has 0 aromatic heterocycles. The summed E-state index contributed by atoms with van der Waals surface area (Å²) in [6, 6.07) is 10.8. The van der Waals surface area contributed by atoms with E-state index in [9.17, 15) is 9.59 Å². The third-order valence-electron chi connectivity index (χ3n) is 3.50. The lowest BCUT2D eigenvalue weighted by Gasteiger charge is -2.33. The zero-order chi connectivity index (χ0) is 16.8. The summed E-state index contributed by atoms with van der Waals surface area (Å²) in [5.41, 5.74) is 0.621. The Kier molecular flexibility index (Phi) is 5.16. The number of amides is 2. The summed E-state index contributed by atoms with van der Waals surface area (Å²) < 4.78 is 5.53. The number of nitriles is 2. The summed E-state index contributed by atoms with van der Waals surface area (Å²) in [6.45, 7) is 1.55. The third kappa shape index (κ3) is 3.58. The van der Waals surface area contributed by atoms with E-state index in [1.165, 1.54) is 9.80 Å². The second kappa shape index (κ2) is 7.28. The first-order chi connectivity index (χ1) is 11.1. The third-order valence-corrected chi connectivity index (χ3v) is 3.50. The Morgan fingerprint density at radius 1 is 1.30 bits per heavy atom. The highest BCUT2D eigenvalue weighted by molar-refractivity contribution is 6.00. The fourth-order valence-electron chi connectivity index (χ4n) is 2.36. The minimum atomic E-state index is -0.616. The standard InChI is InChI=1S/C16H16N4O3/c1-12-16(22)20(13-4-2-3-5-14(13)23-12)9-6-15(21)19(10-7-17)11-8-18/h2-5,12H,6,9-11H2,1H3. The van der Waals surface area contributed by atoms with Crippen LogP contribution in [0.25, 0.3) is 0 Å². The number of rotatable bonds is 5. The van der Waals surface area contributed by atoms with Crippen molar-refractivity contribution in [1.29, 1.82) is 10.5 Å². The van der Waals surface area contributed by atoms with Crippen LogP contribution < -0.4 is 9.64 Å². The number of benzene rings is 1. The molecule has 23 heavy (non-hydrogen) atoms. The van der Waals surface area contributed by atoms with Gasteiger partial charge in [-0.05, 0) is 19.1 Å². The topological polar surface area (TPSA) is 97.4 Å². The number of hydrogen-bond acceptors (Lipinski definition) is 5. The van der Waals surface area contributed by atoms with Crippen LogP contribution in [0.15, 0.2) is 24.3 Å². The van der Waals surface area contributed by atoms with E-state index in [1.54, 1.807) is 25.1 Å². The molecule has 1 aliphatic rings. The molecule has 0 saturated carbocycles. The van der Waals surface area contributed by atoms with Gasteiger partial charge in [0, 0.05) is 13.0 Å². The summed E-state index contributed by atoms with van der Waals surface area (Å²) in [7, 11) is 0. The molecule has 1 aliphatic heterocycles. The van der Waals surface area contributed by atoms with Gasteiger partial charge in [0.15, 0.2) is 6.10 Å². The number of nitrogens with zero attached hydrogens (tertiary/aromatic N) is 4. The van der Waals surface area contributed by atoms with Crippen LogP contribution in [-0.4, -0.2) is 42.5 Å². The highest BCUT2D eigenvalue weighted by Gasteiger charge is 2.31. The first kappa shape index (κ1) is 16.3. The molecule has 1 heterocycles. The van der Waals surface area contributed by atoms with Gasteiger partial charge in [-0.15, -0.1) is 0 Å². The van der Waals surface area contributed by atoms with Crippen LogP contribution in [0.5, 0.6) is 5.75 Å². The second-order valence-electron chi connectivity index (χ2n) is 5.03. The van der Waals surface area contributed by atoms with Gasteiger partial charge in [-0.3, -0.25) is 9.59 Å². The van der Waals surface area contributed by atoms with Crippen molar-refractivity contribution in [3.63, 3.8) is 0 Å². The fraction of sp³-hybridized carbons (Fsp3) is 0.375. The largest absolute Gasteiger partial charge is 0.479 e. The molecule has 2 amide bonds. The Labute approximate surface area is 134 Å². The van der Waals surface area contributed by atoms with Crippen molar-refractivity contribution in [1.82, 2.24) is 4.90 Å². The van der Waals surface area contributed by atoms with Gasteiger partial charge in [0.05, 0.1) is 17.8 Å². The van der Waals surface area contributed by atoms with Crippen LogP contribution in [0.2, 0.25) is 0 Å². The predicted molar refractivity (Wildman–Crippen MR) is 81.3 cm³/mol. The molecule has 0 radical (unpaired) electrons. The summed E-state index contributed by atoms with van der Waals surface area (Å²) in [5, 5.41) is 17.4. The molecular weight excluding hydrogens is 296 g/mol. The number of carbonyl (C=O) groups is 2. The molecule has 0 N–H and O–H groups in total. The van der Waals surface area contributed by atoms with Gasteiger partial charge in [-0.1, -0.05) is 12.1 Å². The van der Waals surface area contributed by atoms with Gasteiger partial charge in [0.1, 0.15) is 18.8 Å². The van der Waals surface area contributed by atoms with Crippen molar-refractivity contribution < 1.29 is 14.3 Å². The van der Waals surface area contributed by atoms with E-state index in [-0.39, 0.29) is 37.9 Å². The van der Waals surface area contributed by atoms with Gasteiger partial charge in [0.25, 0.3) is 5.91 Å². The Morgan fingerprint density at radius 3 is 2.61 bits per heavy atom. The first-order valence-electron chi connectivity index (χ1n) is 7.17. The molecule has 7 heteroatoms. The molecule has 0 saturated heterocycles. The van der Waals surface area contributed by atoms with Crippen molar-refractivity contribution in [2.45, 2.75) is 19.4 Å². The van der Waals surface area contributed by atoms with Crippen molar-refractivity contribution in [3.8, 4) is 17.9 Å². The summed E-state index contributed by atoms with van der Waals surface area (Å²) in [5.74, 6) is 0.0408. The Hall–Kier alpha value is -3.06. The quantitative estimate of drug-likeness (QED) is 0.757. The first-order valence-corrected chi connectivity index (χ1v) is 7.17. The molecular formula is C16H16N4O3. The number of hydrogen-bond donors (Lipinski definition) is 0. The number of carbonyl (C=O) groups excluding carboxylic acids is 2. The average molecular weight is 312 g/mol. The van der Waals surface area contributed by atoms with E-state index in [4.69, 9.17) is 15.3 Å². The maximum Gasteiger partial charge on any atom is 0.267 e. The molecule has 0 bridgehead atoms. The van der Waals surface area contributed by atoms with Crippen molar-refractivity contribution in [2.24, 2.45) is 0 Å². The molecule has 7 nitrogen and oxygen atoms in total. The van der Waals surface area contributed by atoms with Gasteiger partial charge >= 0.3 is 0 Å². The molecule has 2 rings (SSSR count). The van der Waals surface area contributed by atoms with E-state index in [0.717, 1.165) is 0 Å². The maximum absolute atomic E-state index is 12.3. The highest BCUT2D eigenvalue weighted by Crippen LogP contribution is 2.33. The monoisotopic (exact) mass is 312 g/mol. The zero-order valence-electron chi connectivity index (χ0n) is 12.7. The molecule has 1 aromatic carbocycles. The lowest BCUT2D eigenvalue weighted by atomic mass is 10.1. The van der Waals surface area contributed by atoms with Gasteiger partial charge < -0.3 is 14.5 Å². The number of fused-ring (bicyclic) bond motifs is 1. The van der Waals surface area contributed by atoms with E-state index >= 15 is 0 Å². The minimum Gasteiger partial charge on any atom is -0.479 e. The lowest BCUT2D eigenvalue weighted by Crippen LogP contribution is -2.46. The molecule has 0 spiro atoms. The van der Waals surface area contributed by atoms with Crippen LogP contribution >= 0.6 is 0 Å². The predicted octanol–water partition coefficient (Wildman–Crippen LogP) is 1.07. The molecule has 1 aromatic rings. The van der Waals surface area contributed by atoms with E-state index < -0.39 is 6.10 Å². The zero-order valence-corrected chi connectivity index (χ0v) is 12.7. The smallest absolute Gasteiger partial charge is 0.267 e. The molecule has 1 atom stereocenters. The van der Waals surface area contributed by atoms with Crippen molar-refractivity contribution >= 4 is 17.5 Å². The highest BCUT2D eigenvalue weighted by atomic mass is 16.5. The number of anilines is 1. The number of para-hydroxylation sites is 2. The van der Waals surface area contributed by atoms with Crippen molar-refractivity contribution in [3.05, 3.63) is 24.3 Å². The lowest BCUT2D eigenvalue weighted by molar-refractivity contribution is -0.130. The van der Waals surface area contributed by atoms with E-state index in [2.05, 4.69) is 0 Å². The number of ether oxygens (including phenoxy) is 1. The summed E-state index contributed by atoms with van der Waals surface area (Å²) >= 11 is 0. The van der Waals surface area contributed by atoms with Crippen LogP contribution in [-0.2, 0) is 9.59 Å². The normalized spacial score (nSPS) is 15.9. The molecule has 1 unspecified atom stereocenters. The van der Waals surface area contributed by atoms with Crippen LogP contribution in [0.3, 0.4) is 0 Å². The average Bonchev–Trinajstić information content (AvgIpc) is 2.55. The van der Waals surface area contributed by atoms with Crippen LogP contribution in [0.1, 0.15) is 13.3 Å². The molecule has 0 fully saturated rings. The Morgan fingerprint density at radius 2 is 1.96 bits per heavy atom. The van der Waals surface area contributed by atoms with E-state index in [1.807, 2.05) is 18.2 Å². The SMILES string of the molecule is CC1Oc2ccccc2N(CCC(=O)N(CC#N)CC#N)C1=O. The summed E-state index contributed by atoms with van der Waals surface area (Å²) in [6.07, 6.45) is -0.579. The maximum atomic E-state index is 12.3. The van der Waals surface area contributed by atoms with Crippen LogP contribution in [0, 0.1) is 22.7 Å². The second-order valence-corrected chi connectivity index (χ2v) is 5.03. The van der Waals surface area contributed by atoms with Gasteiger partial charge in [-0.25, -0.2) is 0 Å². The van der Waals surface area contributed by atoms with Gasteiger partial charge in [-0.2, -0.15) is 10.5 Å². The fourth-order valence-corrected chi connectivity index (χ4v) is 2.36. The summed E-state index contributed by atoms with van der Waals surface area (Å²) in [4.78, 5) is 27.1. The Balaban J connectivity index is 2.10. The van der Waals surface area contributed by atoms with Crippen LogP contribution in [0.4, 0.5) is 5.69 Å². The Bertz CT molecular complexity index is 673. The minimum absolute atomic E-state index is 0.0379. The molecule has 0 aliphatic carbocycles.